The normalized spacial score (nSPS) is 10.8. The predicted octanol–water partition coefficient (Wildman–Crippen LogP) is 2.37. The van der Waals surface area contributed by atoms with Gasteiger partial charge >= 0.3 is 0 Å². The maximum atomic E-state index is 9.28. The van der Waals surface area contributed by atoms with E-state index in [4.69, 9.17) is 21.8 Å². The number of nitrogens with two attached hydrogens (primary N) is 1. The number of nitrogen functional groups attached to an aromatic ring is 1. The highest BCUT2D eigenvalue weighted by Gasteiger charge is 2.09. The van der Waals surface area contributed by atoms with Gasteiger partial charge in [0.25, 0.3) is 0 Å². The molecule has 0 atom stereocenters. The van der Waals surface area contributed by atoms with Crippen LogP contribution >= 0.6 is 11.6 Å². The van der Waals surface area contributed by atoms with E-state index in [1.165, 1.54) is 6.26 Å². The van der Waals surface area contributed by atoms with Crippen LogP contribution in [-0.2, 0) is 0 Å². The lowest BCUT2D eigenvalue weighted by Crippen LogP contribution is -1.86. The van der Waals surface area contributed by atoms with Crippen LogP contribution in [0.25, 0.3) is 11.0 Å². The SMILES string of the molecule is Nc1c(Cl)ccc2occ(O)c12. The van der Waals surface area contributed by atoms with E-state index in [2.05, 4.69) is 0 Å². The van der Waals surface area contributed by atoms with E-state index in [0.29, 0.717) is 21.7 Å². The molecule has 12 heavy (non-hydrogen) atoms. The Balaban J connectivity index is 2.96. The molecule has 3 N–H and O–H groups in total. The Morgan fingerprint density at radius 1 is 1.42 bits per heavy atom. The van der Waals surface area contributed by atoms with Gasteiger partial charge < -0.3 is 15.3 Å². The zero-order valence-electron chi connectivity index (χ0n) is 6.04. The number of hydrogen-bond acceptors (Lipinski definition) is 3. The fourth-order valence-corrected chi connectivity index (χ4v) is 1.27. The molecule has 0 radical (unpaired) electrons. The van der Waals surface area contributed by atoms with Gasteiger partial charge in [0.05, 0.1) is 16.1 Å². The second kappa shape index (κ2) is 2.32. The van der Waals surface area contributed by atoms with Crippen molar-refractivity contribution >= 4 is 28.3 Å². The van der Waals surface area contributed by atoms with Crippen LogP contribution in [0.1, 0.15) is 0 Å². The molecule has 1 aromatic carbocycles. The number of rotatable bonds is 0. The Hall–Kier alpha value is -1.35. The van der Waals surface area contributed by atoms with Gasteiger partial charge in [-0.2, -0.15) is 0 Å². The van der Waals surface area contributed by atoms with Crippen LogP contribution in [0.3, 0.4) is 0 Å². The molecule has 0 unspecified atom stereocenters. The molecular formula is C8H6ClNO2. The Kier molecular flexibility index (Phi) is 1.41. The number of aromatic hydroxyl groups is 1. The van der Waals surface area contributed by atoms with Gasteiger partial charge in [0.15, 0.2) is 5.75 Å². The first-order valence-corrected chi connectivity index (χ1v) is 3.72. The summed E-state index contributed by atoms with van der Waals surface area (Å²) in [7, 11) is 0. The molecule has 0 amide bonds. The van der Waals surface area contributed by atoms with Crippen molar-refractivity contribution in [2.24, 2.45) is 0 Å². The van der Waals surface area contributed by atoms with Crippen molar-refractivity contribution < 1.29 is 9.52 Å². The monoisotopic (exact) mass is 183 g/mol. The van der Waals surface area contributed by atoms with Crippen molar-refractivity contribution in [1.29, 1.82) is 0 Å². The van der Waals surface area contributed by atoms with E-state index in [1.54, 1.807) is 12.1 Å². The number of benzene rings is 1. The molecule has 0 aliphatic rings. The summed E-state index contributed by atoms with van der Waals surface area (Å²) in [4.78, 5) is 0. The van der Waals surface area contributed by atoms with Gasteiger partial charge in [-0.15, -0.1) is 0 Å². The summed E-state index contributed by atoms with van der Waals surface area (Å²) < 4.78 is 5.00. The van der Waals surface area contributed by atoms with Crippen molar-refractivity contribution in [3.8, 4) is 5.75 Å². The third kappa shape index (κ3) is 0.833. The minimum Gasteiger partial charge on any atom is -0.504 e. The second-order valence-corrected chi connectivity index (χ2v) is 2.86. The summed E-state index contributed by atoms with van der Waals surface area (Å²) in [6, 6.07) is 3.29. The van der Waals surface area contributed by atoms with E-state index in [9.17, 15) is 5.11 Å². The summed E-state index contributed by atoms with van der Waals surface area (Å²) in [5, 5.41) is 10.2. The maximum absolute atomic E-state index is 9.28. The van der Waals surface area contributed by atoms with E-state index >= 15 is 0 Å². The molecule has 0 aliphatic carbocycles. The third-order valence-corrected chi connectivity index (χ3v) is 2.04. The Labute approximate surface area is 73.3 Å². The van der Waals surface area contributed by atoms with E-state index in [1.807, 2.05) is 0 Å². The Morgan fingerprint density at radius 3 is 2.92 bits per heavy atom. The van der Waals surface area contributed by atoms with Gasteiger partial charge in [-0.25, -0.2) is 0 Å². The minimum absolute atomic E-state index is 0.0185. The Bertz CT molecular complexity index is 436. The summed E-state index contributed by atoms with van der Waals surface area (Å²) in [6.07, 6.45) is 1.23. The highest BCUT2D eigenvalue weighted by atomic mass is 35.5. The lowest BCUT2D eigenvalue weighted by atomic mass is 10.2. The fourth-order valence-electron chi connectivity index (χ4n) is 1.11. The van der Waals surface area contributed by atoms with Gasteiger partial charge in [0, 0.05) is 0 Å². The summed E-state index contributed by atoms with van der Waals surface area (Å²) in [5.41, 5.74) is 6.50. The van der Waals surface area contributed by atoms with Crippen LogP contribution in [0, 0.1) is 0 Å². The number of furan rings is 1. The van der Waals surface area contributed by atoms with Gasteiger partial charge in [0.2, 0.25) is 0 Å². The molecule has 4 heteroatoms. The molecule has 3 nitrogen and oxygen atoms in total. The third-order valence-electron chi connectivity index (χ3n) is 1.71. The molecule has 1 heterocycles. The fraction of sp³-hybridized carbons (Fsp3) is 0. The standard InChI is InChI=1S/C8H6ClNO2/c9-4-1-2-6-7(8(4)10)5(11)3-12-6/h1-3,11H,10H2. The van der Waals surface area contributed by atoms with Crippen LogP contribution < -0.4 is 5.73 Å². The minimum atomic E-state index is 0.0185. The molecule has 0 spiro atoms. The van der Waals surface area contributed by atoms with Crippen LogP contribution in [0.4, 0.5) is 5.69 Å². The van der Waals surface area contributed by atoms with E-state index in [0.717, 1.165) is 0 Å². The first-order valence-electron chi connectivity index (χ1n) is 3.34. The molecule has 2 rings (SSSR count). The zero-order valence-corrected chi connectivity index (χ0v) is 6.80. The summed E-state index contributed by atoms with van der Waals surface area (Å²) in [5.74, 6) is 0.0185. The number of anilines is 1. The Morgan fingerprint density at radius 2 is 2.17 bits per heavy atom. The van der Waals surface area contributed by atoms with Crippen molar-refractivity contribution in [3.63, 3.8) is 0 Å². The van der Waals surface area contributed by atoms with Gasteiger partial charge in [-0.05, 0) is 12.1 Å². The number of halogens is 1. The molecule has 2 aromatic rings. The molecule has 1 aromatic heterocycles. The smallest absolute Gasteiger partial charge is 0.163 e. The van der Waals surface area contributed by atoms with Crippen LogP contribution in [-0.4, -0.2) is 5.11 Å². The molecule has 0 saturated heterocycles. The van der Waals surface area contributed by atoms with Crippen LogP contribution in [0.5, 0.6) is 5.75 Å². The zero-order chi connectivity index (χ0) is 8.72. The lowest BCUT2D eigenvalue weighted by Gasteiger charge is -1.97. The second-order valence-electron chi connectivity index (χ2n) is 2.46. The predicted molar refractivity (Wildman–Crippen MR) is 47.3 cm³/mol. The summed E-state index contributed by atoms with van der Waals surface area (Å²) >= 11 is 5.74. The molecular weight excluding hydrogens is 178 g/mol. The van der Waals surface area contributed by atoms with Crippen molar-refractivity contribution in [1.82, 2.24) is 0 Å². The van der Waals surface area contributed by atoms with Gasteiger partial charge in [-0.3, -0.25) is 0 Å². The first kappa shape index (κ1) is 7.31. The topological polar surface area (TPSA) is 59.4 Å². The molecule has 62 valence electrons. The average Bonchev–Trinajstić information content (AvgIpc) is 2.41. The quantitative estimate of drug-likeness (QED) is 0.617. The average molecular weight is 184 g/mol. The van der Waals surface area contributed by atoms with Gasteiger partial charge in [0.1, 0.15) is 11.8 Å². The molecule has 0 saturated carbocycles. The summed E-state index contributed by atoms with van der Waals surface area (Å²) in [6.45, 7) is 0. The van der Waals surface area contributed by atoms with Crippen LogP contribution in [0.15, 0.2) is 22.8 Å². The van der Waals surface area contributed by atoms with Crippen molar-refractivity contribution in [2.75, 3.05) is 5.73 Å². The first-order chi connectivity index (χ1) is 5.70. The highest BCUT2D eigenvalue weighted by Crippen LogP contribution is 2.35. The van der Waals surface area contributed by atoms with Crippen LogP contribution in [0.2, 0.25) is 5.02 Å². The largest absolute Gasteiger partial charge is 0.504 e. The maximum Gasteiger partial charge on any atom is 0.163 e. The van der Waals surface area contributed by atoms with Gasteiger partial charge in [-0.1, -0.05) is 11.6 Å². The van der Waals surface area contributed by atoms with E-state index < -0.39 is 0 Å². The van der Waals surface area contributed by atoms with Crippen molar-refractivity contribution in [2.45, 2.75) is 0 Å². The highest BCUT2D eigenvalue weighted by molar-refractivity contribution is 6.34. The molecule has 0 fully saturated rings. The molecule has 0 bridgehead atoms. The number of hydrogen-bond donors (Lipinski definition) is 2. The number of fused-ring (bicyclic) bond motifs is 1. The lowest BCUT2D eigenvalue weighted by molar-refractivity contribution is 0.464. The van der Waals surface area contributed by atoms with Crippen molar-refractivity contribution in [3.05, 3.63) is 23.4 Å². The van der Waals surface area contributed by atoms with E-state index in [-0.39, 0.29) is 5.75 Å². The molecule has 0 aliphatic heterocycles.